The highest BCUT2D eigenvalue weighted by molar-refractivity contribution is 14.1. The van der Waals surface area contributed by atoms with Gasteiger partial charge in [0.25, 0.3) is 0 Å². The predicted octanol–water partition coefficient (Wildman–Crippen LogP) is 3.76. The van der Waals surface area contributed by atoms with Gasteiger partial charge in [0.15, 0.2) is 0 Å². The van der Waals surface area contributed by atoms with Gasteiger partial charge in [0.05, 0.1) is 12.1 Å². The molecule has 0 aliphatic rings. The molecule has 0 fully saturated rings. The number of hydrogen-bond acceptors (Lipinski definition) is 2. The van der Waals surface area contributed by atoms with Crippen LogP contribution in [0.1, 0.15) is 11.1 Å². The zero-order valence-corrected chi connectivity index (χ0v) is 14.6. The first-order valence-corrected chi connectivity index (χ1v) is 7.96. The number of anilines is 1. The second-order valence-corrected chi connectivity index (χ2v) is 6.45. The minimum Gasteiger partial charge on any atom is -0.389 e. The van der Waals surface area contributed by atoms with Crippen molar-refractivity contribution in [2.24, 2.45) is 5.73 Å². The standard InChI is InChI=1S/C15H12ClIN2OS/c16-11-5-6-13(12(17)8-11)19-14(20)7-9-1-3-10(4-2-9)15(18)21/h1-6,8H,7H2,(H2,18,21)(H,19,20). The summed E-state index contributed by atoms with van der Waals surface area (Å²) in [4.78, 5) is 12.4. The fraction of sp³-hybridized carbons (Fsp3) is 0.0667. The highest BCUT2D eigenvalue weighted by Gasteiger charge is 2.07. The normalized spacial score (nSPS) is 10.2. The molecule has 0 saturated heterocycles. The fourth-order valence-electron chi connectivity index (χ4n) is 1.76. The maximum atomic E-state index is 12.0. The fourth-order valence-corrected chi connectivity index (χ4v) is 2.90. The molecule has 0 spiro atoms. The largest absolute Gasteiger partial charge is 0.389 e. The Balaban J connectivity index is 2.02. The van der Waals surface area contributed by atoms with E-state index in [9.17, 15) is 4.79 Å². The topological polar surface area (TPSA) is 55.1 Å². The van der Waals surface area contributed by atoms with Crippen molar-refractivity contribution in [3.8, 4) is 0 Å². The van der Waals surface area contributed by atoms with Crippen molar-refractivity contribution in [1.29, 1.82) is 0 Å². The Bertz CT molecular complexity index is 689. The van der Waals surface area contributed by atoms with Crippen molar-refractivity contribution < 1.29 is 4.79 Å². The van der Waals surface area contributed by atoms with Gasteiger partial charge in [-0.3, -0.25) is 4.79 Å². The van der Waals surface area contributed by atoms with E-state index in [1.54, 1.807) is 18.2 Å². The van der Waals surface area contributed by atoms with Crippen molar-refractivity contribution in [1.82, 2.24) is 0 Å². The Morgan fingerprint density at radius 1 is 1.24 bits per heavy atom. The molecule has 0 aliphatic carbocycles. The highest BCUT2D eigenvalue weighted by Crippen LogP contribution is 2.22. The first-order chi connectivity index (χ1) is 9.95. The van der Waals surface area contributed by atoms with E-state index in [2.05, 4.69) is 27.9 Å². The van der Waals surface area contributed by atoms with Gasteiger partial charge in [-0.25, -0.2) is 0 Å². The van der Waals surface area contributed by atoms with Crippen LogP contribution in [0.25, 0.3) is 0 Å². The van der Waals surface area contributed by atoms with Crippen LogP contribution in [0.2, 0.25) is 5.02 Å². The van der Waals surface area contributed by atoms with Crippen LogP contribution in [-0.4, -0.2) is 10.9 Å². The first kappa shape index (κ1) is 16.2. The number of nitrogens with two attached hydrogens (primary N) is 1. The zero-order chi connectivity index (χ0) is 15.4. The average Bonchev–Trinajstić information content (AvgIpc) is 2.42. The van der Waals surface area contributed by atoms with Crippen molar-refractivity contribution in [2.45, 2.75) is 6.42 Å². The Hall–Kier alpha value is -1.18. The molecule has 6 heteroatoms. The van der Waals surface area contributed by atoms with E-state index >= 15 is 0 Å². The van der Waals surface area contributed by atoms with Gasteiger partial charge in [-0.2, -0.15) is 0 Å². The maximum Gasteiger partial charge on any atom is 0.228 e. The van der Waals surface area contributed by atoms with Crippen molar-refractivity contribution in [3.63, 3.8) is 0 Å². The molecule has 2 aromatic rings. The number of carbonyl (C=O) groups excluding carboxylic acids is 1. The average molecular weight is 431 g/mol. The predicted molar refractivity (Wildman–Crippen MR) is 98.8 cm³/mol. The molecule has 0 aromatic heterocycles. The van der Waals surface area contributed by atoms with Crippen LogP contribution in [-0.2, 0) is 11.2 Å². The van der Waals surface area contributed by atoms with E-state index in [1.807, 2.05) is 24.3 Å². The molecule has 2 rings (SSSR count). The van der Waals surface area contributed by atoms with Crippen molar-refractivity contribution in [2.75, 3.05) is 5.32 Å². The van der Waals surface area contributed by atoms with Crippen LogP contribution in [0.3, 0.4) is 0 Å². The SMILES string of the molecule is NC(=S)c1ccc(CC(=O)Nc2ccc(Cl)cc2I)cc1. The monoisotopic (exact) mass is 430 g/mol. The third-order valence-corrected chi connectivity index (χ3v) is 4.17. The summed E-state index contributed by atoms with van der Waals surface area (Å²) in [5.74, 6) is -0.0849. The van der Waals surface area contributed by atoms with Gasteiger partial charge in [0.2, 0.25) is 5.91 Å². The van der Waals surface area contributed by atoms with Gasteiger partial charge >= 0.3 is 0 Å². The lowest BCUT2D eigenvalue weighted by Gasteiger charge is -2.08. The van der Waals surface area contributed by atoms with Crippen LogP contribution >= 0.6 is 46.4 Å². The summed E-state index contributed by atoms with van der Waals surface area (Å²) in [7, 11) is 0. The molecule has 0 saturated carbocycles. The van der Waals surface area contributed by atoms with E-state index in [0.29, 0.717) is 10.0 Å². The number of thiocarbonyl (C=S) groups is 1. The molecule has 1 amide bonds. The summed E-state index contributed by atoms with van der Waals surface area (Å²) in [5.41, 5.74) is 7.98. The molecule has 0 radical (unpaired) electrons. The number of carbonyl (C=O) groups is 1. The zero-order valence-electron chi connectivity index (χ0n) is 10.9. The molecule has 108 valence electrons. The molecule has 0 atom stereocenters. The smallest absolute Gasteiger partial charge is 0.228 e. The first-order valence-electron chi connectivity index (χ1n) is 6.09. The van der Waals surface area contributed by atoms with E-state index in [4.69, 9.17) is 29.6 Å². The summed E-state index contributed by atoms with van der Waals surface area (Å²) in [6, 6.07) is 12.7. The molecule has 21 heavy (non-hydrogen) atoms. The van der Waals surface area contributed by atoms with Gasteiger partial charge in [-0.05, 0) is 46.4 Å². The third kappa shape index (κ3) is 4.66. The van der Waals surface area contributed by atoms with Crippen LogP contribution in [0.4, 0.5) is 5.69 Å². The Kier molecular flexibility index (Phi) is 5.55. The summed E-state index contributed by atoms with van der Waals surface area (Å²) in [5, 5.41) is 3.51. The van der Waals surface area contributed by atoms with Gasteiger partial charge in [0, 0.05) is 14.2 Å². The molecule has 3 N–H and O–H groups in total. The molecule has 0 aliphatic heterocycles. The molecule has 2 aromatic carbocycles. The minimum atomic E-state index is -0.0849. The van der Waals surface area contributed by atoms with Crippen molar-refractivity contribution >= 4 is 63.0 Å². The Labute approximate surface area is 147 Å². The molecule has 0 heterocycles. The van der Waals surface area contributed by atoms with Crippen LogP contribution in [0, 0.1) is 3.57 Å². The number of rotatable bonds is 4. The Morgan fingerprint density at radius 2 is 1.90 bits per heavy atom. The number of amides is 1. The van der Waals surface area contributed by atoms with E-state index in [-0.39, 0.29) is 12.3 Å². The number of halogens is 2. The molecular formula is C15H12ClIN2OS. The van der Waals surface area contributed by atoms with E-state index in [0.717, 1.165) is 20.4 Å². The number of benzene rings is 2. The quantitative estimate of drug-likeness (QED) is 0.574. The van der Waals surface area contributed by atoms with E-state index < -0.39 is 0 Å². The maximum absolute atomic E-state index is 12.0. The van der Waals surface area contributed by atoms with Gasteiger partial charge in [-0.1, -0.05) is 48.1 Å². The molecule has 0 bridgehead atoms. The van der Waals surface area contributed by atoms with Crippen molar-refractivity contribution in [3.05, 3.63) is 62.2 Å². The summed E-state index contributed by atoms with van der Waals surface area (Å²) in [6.45, 7) is 0. The summed E-state index contributed by atoms with van der Waals surface area (Å²) < 4.78 is 0.900. The van der Waals surface area contributed by atoms with Gasteiger partial charge in [0.1, 0.15) is 4.99 Å². The second-order valence-electron chi connectivity index (χ2n) is 4.41. The number of nitrogens with one attached hydrogen (secondary N) is 1. The van der Waals surface area contributed by atoms with Gasteiger partial charge < -0.3 is 11.1 Å². The van der Waals surface area contributed by atoms with Crippen LogP contribution < -0.4 is 11.1 Å². The molecule has 0 unspecified atom stereocenters. The van der Waals surface area contributed by atoms with E-state index in [1.165, 1.54) is 0 Å². The lowest BCUT2D eigenvalue weighted by Crippen LogP contribution is -2.15. The lowest BCUT2D eigenvalue weighted by molar-refractivity contribution is -0.115. The Morgan fingerprint density at radius 3 is 2.48 bits per heavy atom. The molecular weight excluding hydrogens is 419 g/mol. The third-order valence-electron chi connectivity index (χ3n) is 2.81. The molecule has 3 nitrogen and oxygen atoms in total. The highest BCUT2D eigenvalue weighted by atomic mass is 127. The summed E-state index contributed by atoms with van der Waals surface area (Å²) in [6.07, 6.45) is 0.288. The second kappa shape index (κ2) is 7.20. The lowest BCUT2D eigenvalue weighted by atomic mass is 10.1. The van der Waals surface area contributed by atoms with Crippen LogP contribution in [0.5, 0.6) is 0 Å². The number of hydrogen-bond donors (Lipinski definition) is 2. The van der Waals surface area contributed by atoms with Crippen LogP contribution in [0.15, 0.2) is 42.5 Å². The minimum absolute atomic E-state index is 0.0849. The summed E-state index contributed by atoms with van der Waals surface area (Å²) >= 11 is 12.9. The van der Waals surface area contributed by atoms with Gasteiger partial charge in [-0.15, -0.1) is 0 Å².